The molecule has 2 aromatic heterocycles. The molecular formula is C30H32F2N4O4. The predicted molar refractivity (Wildman–Crippen MR) is 147 cm³/mol. The van der Waals surface area contributed by atoms with E-state index >= 15 is 0 Å². The third-order valence-electron chi connectivity index (χ3n) is 7.47. The Labute approximate surface area is 235 Å². The van der Waals surface area contributed by atoms with E-state index in [1.54, 1.807) is 6.07 Å². The number of H-pyrrole nitrogens is 2. The summed E-state index contributed by atoms with van der Waals surface area (Å²) >= 11 is 0. The molecular weight excluding hydrogens is 518 g/mol. The van der Waals surface area contributed by atoms with Crippen LogP contribution in [0, 0.1) is 11.6 Å². The molecule has 2 aliphatic heterocycles. The number of rotatable bonds is 7. The van der Waals surface area contributed by atoms with E-state index in [9.17, 15) is 19.7 Å². The second-order valence-corrected chi connectivity index (χ2v) is 10.5. The molecule has 0 amide bonds. The number of nitrogens with one attached hydrogen (secondary N) is 4. The van der Waals surface area contributed by atoms with Crippen LogP contribution in [0.2, 0.25) is 2.82 Å². The van der Waals surface area contributed by atoms with Gasteiger partial charge in [0.2, 0.25) is 0 Å². The summed E-state index contributed by atoms with van der Waals surface area (Å²) in [5, 5.41) is 5.37. The molecule has 0 saturated carbocycles. The van der Waals surface area contributed by atoms with E-state index in [0.29, 0.717) is 58.2 Å². The molecule has 2 aromatic carbocycles. The van der Waals surface area contributed by atoms with Crippen LogP contribution in [-0.2, 0) is 31.9 Å². The van der Waals surface area contributed by atoms with Crippen molar-refractivity contribution in [3.8, 4) is 11.4 Å². The monoisotopic (exact) mass is 554 g/mol. The second kappa shape index (κ2) is 10.7. The maximum Gasteiger partial charge on any atom is 0.302 e. The summed E-state index contributed by atoms with van der Waals surface area (Å²) in [5.74, 6) is -2.06. The highest BCUT2D eigenvalue weighted by molar-refractivity contribution is 5.96. The number of carbonyl (C=O) groups is 2. The Morgan fingerprint density at radius 1 is 0.950 bits per heavy atom. The maximum atomic E-state index is 14.6. The third-order valence-corrected chi connectivity index (χ3v) is 7.47. The molecule has 0 radical (unpaired) electrons. The predicted octanol–water partition coefficient (Wildman–Crippen LogP) is 4.27. The van der Waals surface area contributed by atoms with Crippen LogP contribution in [0.3, 0.4) is 0 Å². The van der Waals surface area contributed by atoms with Crippen molar-refractivity contribution in [3.63, 3.8) is 0 Å². The smallest absolute Gasteiger partial charge is 0.302 e. The number of carbonyl (C=O) groups excluding carboxylic acids is 2. The molecule has 4 atom stereocenters. The van der Waals surface area contributed by atoms with Crippen LogP contribution in [0.15, 0.2) is 36.4 Å². The van der Waals surface area contributed by atoms with Crippen LogP contribution < -0.4 is 10.6 Å². The minimum atomic E-state index is -1.52. The Kier molecular flexibility index (Phi) is 5.86. The zero-order valence-electron chi connectivity index (χ0n) is 26.1. The van der Waals surface area contributed by atoms with Gasteiger partial charge in [0.25, 0.3) is 0 Å². The van der Waals surface area contributed by atoms with Crippen molar-refractivity contribution in [2.75, 3.05) is 13.1 Å². The SMILES string of the molecule is [2H]c1cc(F)cc2c1c(CC1CC(OC(C)=O)CN1)c(-c1[nH]c3cc(F)ccc3c1CC1([2H])CC(OC(C)=O)CN1[2H])n2[2H]. The number of aromatic nitrogens is 2. The first-order chi connectivity index (χ1) is 20.8. The topological polar surface area (TPSA) is 108 Å². The summed E-state index contributed by atoms with van der Waals surface area (Å²) in [6.45, 7) is 3.09. The first-order valence-corrected chi connectivity index (χ1v) is 13.3. The molecule has 0 spiro atoms. The van der Waals surface area contributed by atoms with Crippen molar-refractivity contribution in [1.29, 1.82) is 0 Å². The highest BCUT2D eigenvalue weighted by Crippen LogP contribution is 2.38. The summed E-state index contributed by atoms with van der Waals surface area (Å²) in [4.78, 5) is 27.4. The quantitative estimate of drug-likeness (QED) is 0.254. The minimum absolute atomic E-state index is 0.0332. The highest BCUT2D eigenvalue weighted by Gasteiger charge is 2.31. The highest BCUT2D eigenvalue weighted by atomic mass is 19.1. The first kappa shape index (κ1) is 22.0. The number of ether oxygens (including phenoxy) is 2. The van der Waals surface area contributed by atoms with Gasteiger partial charge >= 0.3 is 11.9 Å². The average molecular weight is 555 g/mol. The van der Waals surface area contributed by atoms with Crippen molar-refractivity contribution < 1.29 is 33.4 Å². The van der Waals surface area contributed by atoms with Crippen molar-refractivity contribution in [1.82, 2.24) is 20.6 Å². The Morgan fingerprint density at radius 2 is 1.65 bits per heavy atom. The van der Waals surface area contributed by atoms with E-state index in [1.807, 2.05) is 0 Å². The largest absolute Gasteiger partial charge is 0.461 e. The van der Waals surface area contributed by atoms with E-state index in [4.69, 9.17) is 13.7 Å². The van der Waals surface area contributed by atoms with Crippen LogP contribution in [0.5, 0.6) is 0 Å². The van der Waals surface area contributed by atoms with Gasteiger partial charge in [0.05, 0.1) is 12.8 Å². The first-order valence-electron chi connectivity index (χ1n) is 15.2. The molecule has 2 aliphatic rings. The molecule has 2 fully saturated rings. The van der Waals surface area contributed by atoms with E-state index in [-0.39, 0.29) is 43.1 Å². The van der Waals surface area contributed by atoms with Gasteiger partial charge in [-0.2, -0.15) is 0 Å². The van der Waals surface area contributed by atoms with Crippen molar-refractivity contribution >= 4 is 33.7 Å². The lowest BCUT2D eigenvalue weighted by Gasteiger charge is -2.15. The van der Waals surface area contributed by atoms with Gasteiger partial charge in [0.1, 0.15) is 25.3 Å². The Morgan fingerprint density at radius 3 is 2.42 bits per heavy atom. The lowest BCUT2D eigenvalue weighted by atomic mass is 9.95. The minimum Gasteiger partial charge on any atom is -0.461 e. The average Bonchev–Trinajstić information content (AvgIpc) is 3.63. The third kappa shape index (κ3) is 5.33. The lowest BCUT2D eigenvalue weighted by molar-refractivity contribution is -0.146. The lowest BCUT2D eigenvalue weighted by Crippen LogP contribution is -2.24. The Bertz CT molecular complexity index is 1800. The van der Waals surface area contributed by atoms with Crippen molar-refractivity contribution in [2.45, 2.75) is 63.8 Å². The Hall–Kier alpha value is -3.76. The van der Waals surface area contributed by atoms with Gasteiger partial charge in [-0.15, -0.1) is 0 Å². The number of fused-ring (bicyclic) bond motifs is 2. The van der Waals surface area contributed by atoms with Crippen molar-refractivity contribution in [3.05, 3.63) is 59.1 Å². The number of esters is 2. The van der Waals surface area contributed by atoms with Crippen LogP contribution in [0.4, 0.5) is 8.78 Å². The number of benzene rings is 2. The van der Waals surface area contributed by atoms with E-state index in [0.717, 1.165) is 16.4 Å². The molecule has 0 aliphatic carbocycles. The molecule has 40 heavy (non-hydrogen) atoms. The molecule has 4 unspecified atom stereocenters. The molecule has 10 heteroatoms. The van der Waals surface area contributed by atoms with Gasteiger partial charge < -0.3 is 30.1 Å². The van der Waals surface area contributed by atoms with Gasteiger partial charge in [-0.05, 0) is 60.3 Å². The summed E-state index contributed by atoms with van der Waals surface area (Å²) in [7, 11) is 0. The number of aromatic amines is 2. The molecule has 210 valence electrons. The van der Waals surface area contributed by atoms with Crippen LogP contribution >= 0.6 is 0 Å². The van der Waals surface area contributed by atoms with Gasteiger partial charge in [0, 0.05) is 75.0 Å². The molecule has 4 aromatic rings. The number of halogens is 2. The van der Waals surface area contributed by atoms with E-state index in [2.05, 4.69) is 10.3 Å². The van der Waals surface area contributed by atoms with Gasteiger partial charge in [-0.3, -0.25) is 9.59 Å². The van der Waals surface area contributed by atoms with Crippen LogP contribution in [0.25, 0.3) is 33.2 Å². The number of hydrogen-bond acceptors (Lipinski definition) is 6. The van der Waals surface area contributed by atoms with Gasteiger partial charge in [-0.1, -0.05) is 0 Å². The standard InChI is InChI=1S/C30H32F2N4O4/c1-15(37)39-21-9-19(33-13-21)11-25-23-5-3-17(31)7-27(23)35-29(25)30-26(24-6-4-18(32)8-28(24)36-30)12-20-10-22(14-34-20)40-16(2)38/h3-8,19-22,33-36H,9-14H2,1-2H3/i5D,20D/hD2. The fraction of sp³-hybridized carbons (Fsp3) is 0.400. The van der Waals surface area contributed by atoms with Crippen LogP contribution in [0.1, 0.15) is 40.6 Å². The van der Waals surface area contributed by atoms with E-state index < -0.39 is 35.7 Å². The van der Waals surface area contributed by atoms with Gasteiger partial charge in [0.15, 0.2) is 1.41 Å². The molecule has 0 bridgehead atoms. The summed E-state index contributed by atoms with van der Waals surface area (Å²) in [6, 6.07) is 4.64. The van der Waals surface area contributed by atoms with Crippen molar-refractivity contribution in [2.24, 2.45) is 0 Å². The normalized spacial score (nSPS) is 26.6. The fourth-order valence-corrected chi connectivity index (χ4v) is 5.89. The van der Waals surface area contributed by atoms with Crippen LogP contribution in [-0.4, -0.2) is 59.3 Å². The molecule has 6 rings (SSSR count). The van der Waals surface area contributed by atoms with E-state index in [1.165, 1.54) is 32.0 Å². The summed E-state index contributed by atoms with van der Waals surface area (Å²) in [6.07, 6.45) is -0.172. The molecule has 2 saturated heterocycles. The molecule has 4 N–H and O–H groups in total. The molecule has 8 nitrogen and oxygen atoms in total. The fourth-order valence-electron chi connectivity index (χ4n) is 5.89. The zero-order valence-corrected chi connectivity index (χ0v) is 22.1. The zero-order chi connectivity index (χ0) is 31.5. The Balaban J connectivity index is 1.51. The summed E-state index contributed by atoms with van der Waals surface area (Å²) < 4.78 is 75.2. The van der Waals surface area contributed by atoms with Gasteiger partial charge in [-0.25, -0.2) is 8.78 Å². The number of hydrogen-bond donors (Lipinski definition) is 4. The maximum absolute atomic E-state index is 14.6. The molecule has 4 heterocycles. The second-order valence-electron chi connectivity index (χ2n) is 10.5. The summed E-state index contributed by atoms with van der Waals surface area (Å²) in [5.41, 5.74) is 2.39.